The molecule has 0 amide bonds. The van der Waals surface area contributed by atoms with E-state index in [0.717, 1.165) is 35.7 Å². The Kier molecular flexibility index (Phi) is 2.90. The molecular formula is C15H19N5O2. The van der Waals surface area contributed by atoms with Gasteiger partial charge in [0.05, 0.1) is 31.6 Å². The van der Waals surface area contributed by atoms with Crippen molar-refractivity contribution >= 4 is 17.3 Å². The number of benzene rings is 1. The Morgan fingerprint density at radius 3 is 2.59 bits per heavy atom. The fourth-order valence-corrected chi connectivity index (χ4v) is 2.67. The molecule has 22 heavy (non-hydrogen) atoms. The van der Waals surface area contributed by atoms with Gasteiger partial charge in [0.25, 0.3) is 0 Å². The highest BCUT2D eigenvalue weighted by Crippen LogP contribution is 2.41. The second kappa shape index (κ2) is 4.81. The summed E-state index contributed by atoms with van der Waals surface area (Å²) in [6.07, 6.45) is 4.35. The average Bonchev–Trinajstić information content (AvgIpc) is 3.24. The molecule has 3 aliphatic rings. The van der Waals surface area contributed by atoms with Gasteiger partial charge in [0.15, 0.2) is 11.5 Å². The summed E-state index contributed by atoms with van der Waals surface area (Å²) in [6.45, 7) is 0. The van der Waals surface area contributed by atoms with Crippen LogP contribution >= 0.6 is 0 Å². The summed E-state index contributed by atoms with van der Waals surface area (Å²) in [5.74, 6) is 2.23. The van der Waals surface area contributed by atoms with Crippen molar-refractivity contribution in [2.75, 3.05) is 26.6 Å². The second-order valence-electron chi connectivity index (χ2n) is 5.62. The third-order valence-electron chi connectivity index (χ3n) is 3.92. The molecule has 0 radical (unpaired) electrons. The van der Waals surface area contributed by atoms with E-state index < -0.39 is 0 Å². The molecule has 0 bridgehead atoms. The molecule has 2 aliphatic heterocycles. The normalized spacial score (nSPS) is 21.2. The van der Waals surface area contributed by atoms with E-state index in [4.69, 9.17) is 14.5 Å². The molecule has 116 valence electrons. The second-order valence-corrected chi connectivity index (χ2v) is 5.62. The standard InChI is InChI=1S/C15H19N5O2/c1-19-8-12-10-6-13(21-2)14(22-3)7-11(10)17-15(20(12)18-19)16-9-4-5-9/h6-9,18H,4-5H2,1-3H3,(H,16,17). The zero-order chi connectivity index (χ0) is 15.3. The zero-order valence-electron chi connectivity index (χ0n) is 12.9. The van der Waals surface area contributed by atoms with Crippen LogP contribution in [0.15, 0.2) is 23.3 Å². The first-order valence-electron chi connectivity index (χ1n) is 7.32. The lowest BCUT2D eigenvalue weighted by molar-refractivity contribution is 0.236. The summed E-state index contributed by atoms with van der Waals surface area (Å²) in [6, 6.07) is 4.36. The van der Waals surface area contributed by atoms with E-state index in [1.54, 1.807) is 14.2 Å². The minimum atomic E-state index is 0.429. The van der Waals surface area contributed by atoms with Crippen LogP contribution in [-0.4, -0.2) is 43.3 Å². The number of nitrogens with one attached hydrogen (secondary N) is 2. The Morgan fingerprint density at radius 2 is 1.91 bits per heavy atom. The Morgan fingerprint density at radius 1 is 1.18 bits per heavy atom. The number of ether oxygens (including phenoxy) is 2. The minimum Gasteiger partial charge on any atom is -0.493 e. The number of hydrazine groups is 2. The highest BCUT2D eigenvalue weighted by Gasteiger charge is 2.34. The molecular weight excluding hydrogens is 282 g/mol. The summed E-state index contributed by atoms with van der Waals surface area (Å²) in [4.78, 5) is 4.75. The van der Waals surface area contributed by atoms with Gasteiger partial charge in [0.1, 0.15) is 0 Å². The van der Waals surface area contributed by atoms with Crippen LogP contribution in [0.3, 0.4) is 0 Å². The molecule has 7 heteroatoms. The van der Waals surface area contributed by atoms with Gasteiger partial charge in [-0.2, -0.15) is 0 Å². The van der Waals surface area contributed by atoms with Gasteiger partial charge in [-0.15, -0.1) is 5.53 Å². The number of hydrogen-bond donors (Lipinski definition) is 2. The third-order valence-corrected chi connectivity index (χ3v) is 3.92. The molecule has 1 saturated carbocycles. The predicted octanol–water partition coefficient (Wildman–Crippen LogP) is 1.61. The van der Waals surface area contributed by atoms with Gasteiger partial charge in [0.2, 0.25) is 5.96 Å². The lowest BCUT2D eigenvalue weighted by Gasteiger charge is -2.31. The van der Waals surface area contributed by atoms with Crippen LogP contribution in [0, 0.1) is 0 Å². The van der Waals surface area contributed by atoms with E-state index in [0.29, 0.717) is 17.5 Å². The van der Waals surface area contributed by atoms with Gasteiger partial charge in [-0.1, -0.05) is 0 Å². The predicted molar refractivity (Wildman–Crippen MR) is 84.3 cm³/mol. The zero-order valence-corrected chi connectivity index (χ0v) is 12.9. The summed E-state index contributed by atoms with van der Waals surface area (Å²) in [5.41, 5.74) is 6.31. The summed E-state index contributed by atoms with van der Waals surface area (Å²) < 4.78 is 10.8. The molecule has 1 aromatic rings. The molecule has 0 atom stereocenters. The first-order chi connectivity index (χ1) is 10.7. The number of hydrogen-bond acceptors (Lipinski definition) is 5. The van der Waals surface area contributed by atoms with Crippen molar-refractivity contribution in [2.24, 2.45) is 4.99 Å². The largest absolute Gasteiger partial charge is 0.493 e. The maximum Gasteiger partial charge on any atom is 0.219 e. The molecule has 1 fully saturated rings. The lowest BCUT2D eigenvalue weighted by atomic mass is 10.1. The van der Waals surface area contributed by atoms with Gasteiger partial charge in [-0.25, -0.2) is 10.0 Å². The van der Waals surface area contributed by atoms with E-state index in [2.05, 4.69) is 10.9 Å². The van der Waals surface area contributed by atoms with Crippen LogP contribution in [-0.2, 0) is 0 Å². The Labute approximate surface area is 129 Å². The molecule has 4 rings (SSSR count). The number of guanidine groups is 1. The van der Waals surface area contributed by atoms with Gasteiger partial charge >= 0.3 is 0 Å². The number of aliphatic imine (C=N–C) groups is 1. The van der Waals surface area contributed by atoms with E-state index >= 15 is 0 Å². The van der Waals surface area contributed by atoms with E-state index in [1.807, 2.05) is 35.4 Å². The van der Waals surface area contributed by atoms with E-state index in [-0.39, 0.29) is 0 Å². The highest BCUT2D eigenvalue weighted by molar-refractivity contribution is 6.06. The quantitative estimate of drug-likeness (QED) is 0.884. The maximum absolute atomic E-state index is 5.42. The lowest BCUT2D eigenvalue weighted by Crippen LogP contribution is -2.47. The number of nitrogens with zero attached hydrogens (tertiary/aromatic N) is 3. The van der Waals surface area contributed by atoms with Gasteiger partial charge in [-0.05, 0) is 18.9 Å². The van der Waals surface area contributed by atoms with Crippen molar-refractivity contribution in [3.8, 4) is 11.5 Å². The monoisotopic (exact) mass is 301 g/mol. The average molecular weight is 301 g/mol. The summed E-state index contributed by atoms with van der Waals surface area (Å²) in [5, 5.41) is 7.27. The molecule has 1 aliphatic carbocycles. The maximum atomic E-state index is 5.42. The van der Waals surface area contributed by atoms with Crippen LogP contribution < -0.4 is 20.3 Å². The van der Waals surface area contributed by atoms with E-state index in [9.17, 15) is 0 Å². The molecule has 2 heterocycles. The first kappa shape index (κ1) is 13.3. The highest BCUT2D eigenvalue weighted by atomic mass is 16.5. The molecule has 2 N–H and O–H groups in total. The van der Waals surface area contributed by atoms with Crippen molar-refractivity contribution in [2.45, 2.75) is 18.9 Å². The van der Waals surface area contributed by atoms with Crippen molar-refractivity contribution in [3.05, 3.63) is 23.9 Å². The third kappa shape index (κ3) is 2.05. The van der Waals surface area contributed by atoms with Crippen LogP contribution in [0.25, 0.3) is 5.70 Å². The van der Waals surface area contributed by atoms with Gasteiger partial charge < -0.3 is 14.8 Å². The Balaban J connectivity index is 1.83. The Hall–Kier alpha value is -2.41. The summed E-state index contributed by atoms with van der Waals surface area (Å²) >= 11 is 0. The SMILES string of the molecule is COc1cc2c(cc1OC)C1=CN(C)NN1C(=NC1CC1)N2. The van der Waals surface area contributed by atoms with Gasteiger partial charge in [0, 0.05) is 24.9 Å². The molecule has 0 saturated heterocycles. The molecule has 0 spiro atoms. The number of methoxy groups -OCH3 is 2. The fraction of sp³-hybridized carbons (Fsp3) is 0.400. The van der Waals surface area contributed by atoms with Crippen molar-refractivity contribution in [1.82, 2.24) is 15.6 Å². The van der Waals surface area contributed by atoms with Crippen molar-refractivity contribution < 1.29 is 9.47 Å². The van der Waals surface area contributed by atoms with Crippen molar-refractivity contribution in [1.29, 1.82) is 0 Å². The van der Waals surface area contributed by atoms with Crippen molar-refractivity contribution in [3.63, 3.8) is 0 Å². The van der Waals surface area contributed by atoms with Crippen LogP contribution in [0.4, 0.5) is 5.69 Å². The summed E-state index contributed by atoms with van der Waals surface area (Å²) in [7, 11) is 5.24. The Bertz CT molecular complexity index is 681. The van der Waals surface area contributed by atoms with Gasteiger partial charge in [-0.3, -0.25) is 5.01 Å². The number of fused-ring (bicyclic) bond motifs is 3. The molecule has 7 nitrogen and oxygen atoms in total. The van der Waals surface area contributed by atoms with Crippen LogP contribution in [0.1, 0.15) is 18.4 Å². The molecule has 1 aromatic carbocycles. The molecule has 0 unspecified atom stereocenters. The smallest absolute Gasteiger partial charge is 0.219 e. The fourth-order valence-electron chi connectivity index (χ4n) is 2.67. The van der Waals surface area contributed by atoms with Crippen LogP contribution in [0.2, 0.25) is 0 Å². The topological polar surface area (TPSA) is 61.4 Å². The minimum absolute atomic E-state index is 0.429. The number of rotatable bonds is 3. The number of anilines is 1. The van der Waals surface area contributed by atoms with E-state index in [1.165, 1.54) is 0 Å². The van der Waals surface area contributed by atoms with Crippen LogP contribution in [0.5, 0.6) is 11.5 Å². The first-order valence-corrected chi connectivity index (χ1v) is 7.32. The molecule has 0 aromatic heterocycles.